The minimum atomic E-state index is -2.84. The fourth-order valence-corrected chi connectivity index (χ4v) is 3.89. The van der Waals surface area contributed by atoms with E-state index in [1.54, 1.807) is 6.92 Å². The second-order valence-electron chi connectivity index (χ2n) is 5.85. The standard InChI is InChI=1S/C14H30N2O2S/c1-3-19(17,18)12-8-11-16(2)14(13-15)9-6-4-5-7-10-14/h3-13,15H2,1-2H3. The Kier molecular flexibility index (Phi) is 6.77. The molecule has 0 aromatic carbocycles. The molecule has 5 heteroatoms. The maximum atomic E-state index is 11.5. The average Bonchev–Trinajstić information content (AvgIpc) is 2.64. The molecular formula is C14H30N2O2S. The van der Waals surface area contributed by atoms with Crippen LogP contribution in [0.4, 0.5) is 0 Å². The smallest absolute Gasteiger partial charge is 0.150 e. The number of sulfone groups is 1. The Morgan fingerprint density at radius 3 is 2.21 bits per heavy atom. The number of hydrogen-bond donors (Lipinski definition) is 1. The van der Waals surface area contributed by atoms with Crippen molar-refractivity contribution in [2.24, 2.45) is 5.73 Å². The highest BCUT2D eigenvalue weighted by molar-refractivity contribution is 7.91. The van der Waals surface area contributed by atoms with Gasteiger partial charge in [0.2, 0.25) is 0 Å². The molecular weight excluding hydrogens is 260 g/mol. The number of nitrogens with zero attached hydrogens (tertiary/aromatic N) is 1. The molecule has 1 rings (SSSR count). The fourth-order valence-electron chi connectivity index (χ4n) is 3.03. The lowest BCUT2D eigenvalue weighted by molar-refractivity contribution is 0.108. The maximum Gasteiger partial charge on any atom is 0.150 e. The largest absolute Gasteiger partial charge is 0.329 e. The first kappa shape index (κ1) is 16.9. The lowest BCUT2D eigenvalue weighted by Crippen LogP contribution is -2.52. The van der Waals surface area contributed by atoms with Gasteiger partial charge in [0.05, 0.1) is 5.75 Å². The minimum Gasteiger partial charge on any atom is -0.329 e. The van der Waals surface area contributed by atoms with Crippen LogP contribution in [0.3, 0.4) is 0 Å². The van der Waals surface area contributed by atoms with Crippen molar-refractivity contribution >= 4 is 9.84 Å². The topological polar surface area (TPSA) is 63.4 Å². The van der Waals surface area contributed by atoms with Crippen molar-refractivity contribution in [1.82, 2.24) is 4.90 Å². The van der Waals surface area contributed by atoms with Gasteiger partial charge in [-0.05, 0) is 32.9 Å². The van der Waals surface area contributed by atoms with E-state index in [2.05, 4.69) is 11.9 Å². The van der Waals surface area contributed by atoms with Crippen molar-refractivity contribution in [3.8, 4) is 0 Å². The molecule has 2 N–H and O–H groups in total. The third kappa shape index (κ3) is 5.04. The van der Waals surface area contributed by atoms with E-state index in [9.17, 15) is 8.42 Å². The summed E-state index contributed by atoms with van der Waals surface area (Å²) in [5.41, 5.74) is 6.14. The van der Waals surface area contributed by atoms with Gasteiger partial charge in [-0.2, -0.15) is 0 Å². The second-order valence-corrected chi connectivity index (χ2v) is 8.33. The van der Waals surface area contributed by atoms with Crippen LogP contribution >= 0.6 is 0 Å². The SMILES string of the molecule is CCS(=O)(=O)CCCN(C)C1(CN)CCCCCC1. The van der Waals surface area contributed by atoms with Gasteiger partial charge in [-0.25, -0.2) is 8.42 Å². The summed E-state index contributed by atoms with van der Waals surface area (Å²) in [6, 6.07) is 0. The summed E-state index contributed by atoms with van der Waals surface area (Å²) in [6.45, 7) is 3.23. The van der Waals surface area contributed by atoms with Crippen molar-refractivity contribution in [1.29, 1.82) is 0 Å². The van der Waals surface area contributed by atoms with Gasteiger partial charge >= 0.3 is 0 Å². The van der Waals surface area contributed by atoms with Crippen LogP contribution in [0, 0.1) is 0 Å². The summed E-state index contributed by atoms with van der Waals surface area (Å²) in [4.78, 5) is 2.32. The van der Waals surface area contributed by atoms with Gasteiger partial charge < -0.3 is 5.73 Å². The van der Waals surface area contributed by atoms with Crippen molar-refractivity contribution in [2.75, 3.05) is 31.6 Å². The van der Waals surface area contributed by atoms with Crippen molar-refractivity contribution in [3.63, 3.8) is 0 Å². The van der Waals surface area contributed by atoms with E-state index in [1.807, 2.05) is 0 Å². The van der Waals surface area contributed by atoms with Gasteiger partial charge in [-0.15, -0.1) is 0 Å². The summed E-state index contributed by atoms with van der Waals surface area (Å²) < 4.78 is 23.0. The fraction of sp³-hybridized carbons (Fsp3) is 1.00. The highest BCUT2D eigenvalue weighted by Crippen LogP contribution is 2.31. The van der Waals surface area contributed by atoms with E-state index >= 15 is 0 Å². The predicted molar refractivity (Wildman–Crippen MR) is 81.1 cm³/mol. The monoisotopic (exact) mass is 290 g/mol. The molecule has 0 spiro atoms. The Balaban J connectivity index is 2.51. The Labute approximate surface area is 118 Å². The summed E-state index contributed by atoms with van der Waals surface area (Å²) in [5.74, 6) is 0.549. The van der Waals surface area contributed by atoms with Crippen LogP contribution in [0.2, 0.25) is 0 Å². The second kappa shape index (κ2) is 7.60. The van der Waals surface area contributed by atoms with Gasteiger partial charge in [0.25, 0.3) is 0 Å². The quantitative estimate of drug-likeness (QED) is 0.726. The molecule has 0 amide bonds. The van der Waals surface area contributed by atoms with E-state index in [1.165, 1.54) is 25.7 Å². The van der Waals surface area contributed by atoms with Crippen molar-refractivity contribution in [2.45, 2.75) is 57.4 Å². The zero-order chi connectivity index (χ0) is 14.4. The first-order chi connectivity index (χ1) is 8.96. The van der Waals surface area contributed by atoms with Gasteiger partial charge in [0.1, 0.15) is 9.84 Å². The molecule has 0 bridgehead atoms. The van der Waals surface area contributed by atoms with Crippen LogP contribution in [0.15, 0.2) is 0 Å². The lowest BCUT2D eigenvalue weighted by atomic mass is 9.88. The van der Waals surface area contributed by atoms with Crippen LogP contribution in [0.25, 0.3) is 0 Å². The summed E-state index contributed by atoms with van der Waals surface area (Å²) >= 11 is 0. The van der Waals surface area contributed by atoms with Gasteiger partial charge in [-0.3, -0.25) is 4.90 Å². The Morgan fingerprint density at radius 1 is 1.16 bits per heavy atom. The van der Waals surface area contributed by atoms with Crippen LogP contribution in [0.1, 0.15) is 51.9 Å². The van der Waals surface area contributed by atoms with E-state index in [4.69, 9.17) is 5.73 Å². The van der Waals surface area contributed by atoms with Crippen LogP contribution < -0.4 is 5.73 Å². The molecule has 19 heavy (non-hydrogen) atoms. The average molecular weight is 290 g/mol. The molecule has 0 aromatic heterocycles. The molecule has 0 atom stereocenters. The third-order valence-corrected chi connectivity index (χ3v) is 6.40. The van der Waals surface area contributed by atoms with E-state index in [0.29, 0.717) is 18.7 Å². The molecule has 4 nitrogen and oxygen atoms in total. The molecule has 0 saturated heterocycles. The maximum absolute atomic E-state index is 11.5. The molecule has 1 fully saturated rings. The van der Waals surface area contributed by atoms with Gasteiger partial charge in [-0.1, -0.05) is 32.6 Å². The zero-order valence-electron chi connectivity index (χ0n) is 12.5. The van der Waals surface area contributed by atoms with Crippen molar-refractivity contribution in [3.05, 3.63) is 0 Å². The third-order valence-electron chi connectivity index (χ3n) is 4.61. The number of nitrogens with two attached hydrogens (primary N) is 1. The van der Waals surface area contributed by atoms with E-state index in [0.717, 1.165) is 19.4 Å². The van der Waals surface area contributed by atoms with Crippen LogP contribution in [0.5, 0.6) is 0 Å². The highest BCUT2D eigenvalue weighted by atomic mass is 32.2. The summed E-state index contributed by atoms with van der Waals surface area (Å²) in [5, 5.41) is 0. The normalized spacial score (nSPS) is 20.4. The van der Waals surface area contributed by atoms with Crippen molar-refractivity contribution < 1.29 is 8.42 Å². The molecule has 0 aliphatic heterocycles. The first-order valence-electron chi connectivity index (χ1n) is 7.57. The highest BCUT2D eigenvalue weighted by Gasteiger charge is 2.33. The van der Waals surface area contributed by atoms with Crippen LogP contribution in [-0.2, 0) is 9.84 Å². The number of hydrogen-bond acceptors (Lipinski definition) is 4. The van der Waals surface area contributed by atoms with E-state index < -0.39 is 9.84 Å². The first-order valence-corrected chi connectivity index (χ1v) is 9.40. The Morgan fingerprint density at radius 2 is 1.74 bits per heavy atom. The number of rotatable bonds is 7. The molecule has 1 aliphatic carbocycles. The summed E-state index contributed by atoms with van der Waals surface area (Å²) in [7, 11) is -0.730. The zero-order valence-corrected chi connectivity index (χ0v) is 13.3. The Bertz CT molecular complexity index is 346. The predicted octanol–water partition coefficient (Wildman–Crippen LogP) is 1.79. The van der Waals surface area contributed by atoms with E-state index in [-0.39, 0.29) is 11.3 Å². The molecule has 0 heterocycles. The number of likely N-dealkylation sites (N-methyl/N-ethyl adjacent to an activating group) is 1. The van der Waals surface area contributed by atoms with Gasteiger partial charge in [0.15, 0.2) is 0 Å². The molecule has 0 radical (unpaired) electrons. The van der Waals surface area contributed by atoms with Crippen LogP contribution in [-0.4, -0.2) is 50.5 Å². The summed E-state index contributed by atoms with van der Waals surface area (Å²) in [6.07, 6.45) is 8.12. The Hall–Kier alpha value is -0.130. The molecule has 0 aromatic rings. The van der Waals surface area contributed by atoms with Gasteiger partial charge in [0, 0.05) is 17.8 Å². The minimum absolute atomic E-state index is 0.104. The lowest BCUT2D eigenvalue weighted by Gasteiger charge is -2.41. The molecule has 1 saturated carbocycles. The molecule has 114 valence electrons. The molecule has 1 aliphatic rings. The molecule has 0 unspecified atom stereocenters.